The molecule has 0 amide bonds. The van der Waals surface area contributed by atoms with E-state index in [-0.39, 0.29) is 12.2 Å². The number of hydrogen-bond donors (Lipinski definition) is 1. The van der Waals surface area contributed by atoms with Crippen LogP contribution in [0.1, 0.15) is 42.6 Å². The van der Waals surface area contributed by atoms with Gasteiger partial charge in [-0.05, 0) is 29.5 Å². The molecule has 1 unspecified atom stereocenters. The van der Waals surface area contributed by atoms with Crippen molar-refractivity contribution in [2.24, 2.45) is 0 Å². The van der Waals surface area contributed by atoms with E-state index < -0.39 is 6.10 Å². The molecule has 1 atom stereocenters. The Kier molecular flexibility index (Phi) is 4.35. The first-order chi connectivity index (χ1) is 9.47. The maximum atomic E-state index is 11.6. The second-order valence-corrected chi connectivity index (χ2v) is 5.40. The molecule has 1 heterocycles. The van der Waals surface area contributed by atoms with Gasteiger partial charge in [0.05, 0.1) is 12.6 Å². The molecule has 0 saturated carbocycles. The van der Waals surface area contributed by atoms with Gasteiger partial charge in [-0.25, -0.2) is 9.78 Å². The summed E-state index contributed by atoms with van der Waals surface area (Å²) in [6.45, 7) is 6.34. The van der Waals surface area contributed by atoms with Crippen molar-refractivity contribution >= 4 is 0 Å². The maximum absolute atomic E-state index is 11.6. The van der Waals surface area contributed by atoms with Gasteiger partial charge in [0.1, 0.15) is 0 Å². The van der Waals surface area contributed by atoms with Gasteiger partial charge in [0.15, 0.2) is 0 Å². The standard InChI is InChI=1S/C16H20N2O2/c1-11(2)13-4-6-14(7-5-13)15(19)10-18-9-12(3)8-17-16(18)20/h4-9,11,15,19H,10H2,1-3H3. The summed E-state index contributed by atoms with van der Waals surface area (Å²) in [6, 6.07) is 7.85. The summed E-state index contributed by atoms with van der Waals surface area (Å²) in [5.41, 5.74) is 2.60. The van der Waals surface area contributed by atoms with Crippen LogP contribution in [-0.2, 0) is 6.54 Å². The van der Waals surface area contributed by atoms with Gasteiger partial charge in [-0.3, -0.25) is 4.57 Å². The second kappa shape index (κ2) is 6.01. The summed E-state index contributed by atoms with van der Waals surface area (Å²) in [4.78, 5) is 15.4. The summed E-state index contributed by atoms with van der Waals surface area (Å²) >= 11 is 0. The van der Waals surface area contributed by atoms with E-state index in [2.05, 4.69) is 18.8 Å². The van der Waals surface area contributed by atoms with Crippen molar-refractivity contribution in [1.82, 2.24) is 9.55 Å². The first-order valence-electron chi connectivity index (χ1n) is 6.78. The van der Waals surface area contributed by atoms with Crippen LogP contribution in [0, 0.1) is 6.92 Å². The Morgan fingerprint density at radius 2 is 1.80 bits per heavy atom. The van der Waals surface area contributed by atoms with Gasteiger partial charge in [-0.15, -0.1) is 0 Å². The number of aromatic nitrogens is 2. The Morgan fingerprint density at radius 1 is 1.20 bits per heavy atom. The predicted molar refractivity (Wildman–Crippen MR) is 78.7 cm³/mol. The molecule has 0 aliphatic carbocycles. The van der Waals surface area contributed by atoms with Gasteiger partial charge in [-0.2, -0.15) is 0 Å². The number of aliphatic hydroxyl groups is 1. The van der Waals surface area contributed by atoms with Gasteiger partial charge in [-0.1, -0.05) is 38.1 Å². The van der Waals surface area contributed by atoms with Crippen molar-refractivity contribution in [3.8, 4) is 0 Å². The minimum Gasteiger partial charge on any atom is -0.387 e. The summed E-state index contributed by atoms with van der Waals surface area (Å²) < 4.78 is 1.44. The normalized spacial score (nSPS) is 12.7. The minimum atomic E-state index is -0.711. The van der Waals surface area contributed by atoms with Crippen LogP contribution in [0.25, 0.3) is 0 Å². The Balaban J connectivity index is 2.17. The SMILES string of the molecule is Cc1cnc(=O)n(CC(O)c2ccc(C(C)C)cc2)c1. The molecule has 0 aliphatic heterocycles. The zero-order valence-electron chi connectivity index (χ0n) is 12.1. The molecule has 0 bridgehead atoms. The van der Waals surface area contributed by atoms with Crippen molar-refractivity contribution in [1.29, 1.82) is 0 Å². The van der Waals surface area contributed by atoms with Crippen LogP contribution in [-0.4, -0.2) is 14.7 Å². The van der Waals surface area contributed by atoms with Crippen molar-refractivity contribution in [3.05, 3.63) is 63.8 Å². The van der Waals surface area contributed by atoms with Crippen molar-refractivity contribution in [3.63, 3.8) is 0 Å². The van der Waals surface area contributed by atoms with Crippen LogP contribution in [0.2, 0.25) is 0 Å². The molecule has 106 valence electrons. The highest BCUT2D eigenvalue weighted by Gasteiger charge is 2.10. The third kappa shape index (κ3) is 3.33. The molecule has 1 aromatic carbocycles. The Morgan fingerprint density at radius 3 is 2.40 bits per heavy atom. The molecule has 0 fully saturated rings. The summed E-state index contributed by atoms with van der Waals surface area (Å²) in [5, 5.41) is 10.2. The molecule has 1 N–H and O–H groups in total. The van der Waals surface area contributed by atoms with Crippen molar-refractivity contribution in [2.45, 2.75) is 39.3 Å². The van der Waals surface area contributed by atoms with E-state index in [1.165, 1.54) is 16.3 Å². The number of hydrogen-bond acceptors (Lipinski definition) is 3. The fraction of sp³-hybridized carbons (Fsp3) is 0.375. The van der Waals surface area contributed by atoms with Crippen LogP contribution < -0.4 is 5.69 Å². The zero-order chi connectivity index (χ0) is 14.7. The smallest absolute Gasteiger partial charge is 0.347 e. The van der Waals surface area contributed by atoms with Gasteiger partial charge >= 0.3 is 5.69 Å². The number of aryl methyl sites for hydroxylation is 1. The lowest BCUT2D eigenvalue weighted by Gasteiger charge is -2.14. The fourth-order valence-electron chi connectivity index (χ4n) is 2.09. The first-order valence-corrected chi connectivity index (χ1v) is 6.78. The predicted octanol–water partition coefficient (Wildman–Crippen LogP) is 2.41. The monoisotopic (exact) mass is 272 g/mol. The Labute approximate surface area is 118 Å². The van der Waals surface area contributed by atoms with Crippen LogP contribution in [0.5, 0.6) is 0 Å². The molecular formula is C16H20N2O2. The highest BCUT2D eigenvalue weighted by molar-refractivity contribution is 5.26. The Bertz CT molecular complexity index is 630. The zero-order valence-corrected chi connectivity index (χ0v) is 12.1. The second-order valence-electron chi connectivity index (χ2n) is 5.40. The minimum absolute atomic E-state index is 0.217. The maximum Gasteiger partial charge on any atom is 0.347 e. The summed E-state index contributed by atoms with van der Waals surface area (Å²) in [7, 11) is 0. The van der Waals surface area contributed by atoms with Crippen LogP contribution in [0.3, 0.4) is 0 Å². The van der Waals surface area contributed by atoms with E-state index in [0.29, 0.717) is 5.92 Å². The molecule has 2 aromatic rings. The molecule has 4 heteroatoms. The Hall–Kier alpha value is -1.94. The quantitative estimate of drug-likeness (QED) is 0.930. The van der Waals surface area contributed by atoms with E-state index in [9.17, 15) is 9.90 Å². The van der Waals surface area contributed by atoms with E-state index in [0.717, 1.165) is 11.1 Å². The number of nitrogens with zero attached hydrogens (tertiary/aromatic N) is 2. The molecule has 2 rings (SSSR count). The molecule has 1 aromatic heterocycles. The molecule has 0 radical (unpaired) electrons. The van der Waals surface area contributed by atoms with E-state index in [1.807, 2.05) is 31.2 Å². The molecular weight excluding hydrogens is 252 g/mol. The highest BCUT2D eigenvalue weighted by Crippen LogP contribution is 2.19. The number of aliphatic hydroxyl groups excluding tert-OH is 1. The van der Waals surface area contributed by atoms with Gasteiger partial charge < -0.3 is 5.11 Å². The van der Waals surface area contributed by atoms with Gasteiger partial charge in [0, 0.05) is 12.4 Å². The largest absolute Gasteiger partial charge is 0.387 e. The van der Waals surface area contributed by atoms with Crippen molar-refractivity contribution < 1.29 is 5.11 Å². The first kappa shape index (κ1) is 14.5. The lowest BCUT2D eigenvalue weighted by molar-refractivity contribution is 0.154. The third-order valence-corrected chi connectivity index (χ3v) is 3.34. The van der Waals surface area contributed by atoms with Gasteiger partial charge in [0.25, 0.3) is 0 Å². The van der Waals surface area contributed by atoms with Gasteiger partial charge in [0.2, 0.25) is 0 Å². The molecule has 0 saturated heterocycles. The van der Waals surface area contributed by atoms with Crippen molar-refractivity contribution in [2.75, 3.05) is 0 Å². The number of rotatable bonds is 4. The summed E-state index contributed by atoms with van der Waals surface area (Å²) in [6.07, 6.45) is 2.53. The lowest BCUT2D eigenvalue weighted by atomic mass is 10.00. The lowest BCUT2D eigenvalue weighted by Crippen LogP contribution is -2.25. The molecule has 20 heavy (non-hydrogen) atoms. The average Bonchev–Trinajstić information content (AvgIpc) is 2.43. The molecule has 0 aliphatic rings. The van der Waals surface area contributed by atoms with Crippen LogP contribution in [0.15, 0.2) is 41.5 Å². The number of benzene rings is 1. The van der Waals surface area contributed by atoms with Crippen LogP contribution in [0.4, 0.5) is 0 Å². The fourth-order valence-corrected chi connectivity index (χ4v) is 2.09. The van der Waals surface area contributed by atoms with E-state index in [4.69, 9.17) is 0 Å². The average molecular weight is 272 g/mol. The van der Waals surface area contributed by atoms with Crippen LogP contribution >= 0.6 is 0 Å². The molecule has 4 nitrogen and oxygen atoms in total. The third-order valence-electron chi connectivity index (χ3n) is 3.34. The van der Waals surface area contributed by atoms with E-state index in [1.54, 1.807) is 6.20 Å². The highest BCUT2D eigenvalue weighted by atomic mass is 16.3. The summed E-state index contributed by atoms with van der Waals surface area (Å²) in [5.74, 6) is 0.463. The molecule has 0 spiro atoms. The topological polar surface area (TPSA) is 55.1 Å². The van der Waals surface area contributed by atoms with E-state index >= 15 is 0 Å².